The Bertz CT molecular complexity index is 564. The van der Waals surface area contributed by atoms with E-state index in [-0.39, 0.29) is 6.04 Å². The minimum absolute atomic E-state index is 0.135. The third-order valence-electron chi connectivity index (χ3n) is 3.44. The lowest BCUT2D eigenvalue weighted by molar-refractivity contribution is 0.354. The minimum atomic E-state index is 0.135. The number of aryl methyl sites for hydroxylation is 1. The second-order valence-electron chi connectivity index (χ2n) is 4.75. The molecular formula is C17H21NO2. The van der Waals surface area contributed by atoms with Gasteiger partial charge in [0, 0.05) is 0 Å². The summed E-state index contributed by atoms with van der Waals surface area (Å²) in [7, 11) is 5.26. The van der Waals surface area contributed by atoms with Crippen LogP contribution in [0.15, 0.2) is 42.5 Å². The molecule has 0 saturated carbocycles. The molecule has 3 heteroatoms. The van der Waals surface area contributed by atoms with Crippen molar-refractivity contribution in [2.75, 3.05) is 21.3 Å². The van der Waals surface area contributed by atoms with Crippen LogP contribution in [0.25, 0.3) is 0 Å². The zero-order valence-corrected chi connectivity index (χ0v) is 12.4. The second kappa shape index (κ2) is 6.44. The molecular weight excluding hydrogens is 250 g/mol. The average Bonchev–Trinajstić information content (AvgIpc) is 2.49. The SMILES string of the molecule is CNC(c1ccc(C)cc1)c1ccc(OC)c(OC)c1. The van der Waals surface area contributed by atoms with Crippen molar-refractivity contribution < 1.29 is 9.47 Å². The minimum Gasteiger partial charge on any atom is -0.493 e. The summed E-state index contributed by atoms with van der Waals surface area (Å²) >= 11 is 0. The van der Waals surface area contributed by atoms with E-state index in [2.05, 4.69) is 42.6 Å². The molecule has 20 heavy (non-hydrogen) atoms. The van der Waals surface area contributed by atoms with Gasteiger partial charge in [-0.05, 0) is 37.2 Å². The van der Waals surface area contributed by atoms with Crippen molar-refractivity contribution in [2.45, 2.75) is 13.0 Å². The normalized spacial score (nSPS) is 12.0. The van der Waals surface area contributed by atoms with E-state index in [4.69, 9.17) is 9.47 Å². The number of methoxy groups -OCH3 is 2. The van der Waals surface area contributed by atoms with Crippen LogP contribution in [-0.2, 0) is 0 Å². The summed E-state index contributed by atoms with van der Waals surface area (Å²) in [6, 6.07) is 14.7. The fraction of sp³-hybridized carbons (Fsp3) is 0.294. The highest BCUT2D eigenvalue weighted by molar-refractivity contribution is 5.46. The third-order valence-corrected chi connectivity index (χ3v) is 3.44. The van der Waals surface area contributed by atoms with Crippen LogP contribution in [0.5, 0.6) is 11.5 Å². The molecule has 0 aliphatic carbocycles. The molecule has 0 spiro atoms. The Morgan fingerprint density at radius 3 is 2.00 bits per heavy atom. The van der Waals surface area contributed by atoms with Gasteiger partial charge >= 0.3 is 0 Å². The van der Waals surface area contributed by atoms with Crippen molar-refractivity contribution in [3.63, 3.8) is 0 Å². The Hall–Kier alpha value is -2.00. The molecule has 0 aliphatic rings. The monoisotopic (exact) mass is 271 g/mol. The lowest BCUT2D eigenvalue weighted by atomic mass is 9.97. The summed E-state index contributed by atoms with van der Waals surface area (Å²) in [6.07, 6.45) is 0. The second-order valence-corrected chi connectivity index (χ2v) is 4.75. The lowest BCUT2D eigenvalue weighted by Crippen LogP contribution is -2.17. The topological polar surface area (TPSA) is 30.5 Å². The van der Waals surface area contributed by atoms with Crippen LogP contribution in [-0.4, -0.2) is 21.3 Å². The molecule has 0 heterocycles. The molecule has 3 nitrogen and oxygen atoms in total. The van der Waals surface area contributed by atoms with Crippen molar-refractivity contribution in [3.05, 3.63) is 59.2 Å². The number of hydrogen-bond donors (Lipinski definition) is 1. The van der Waals surface area contributed by atoms with Crippen molar-refractivity contribution in [2.24, 2.45) is 0 Å². The smallest absolute Gasteiger partial charge is 0.161 e. The fourth-order valence-corrected chi connectivity index (χ4v) is 2.32. The Kier molecular flexibility index (Phi) is 4.64. The van der Waals surface area contributed by atoms with Gasteiger partial charge in [-0.2, -0.15) is 0 Å². The van der Waals surface area contributed by atoms with Crippen LogP contribution >= 0.6 is 0 Å². The van der Waals surface area contributed by atoms with E-state index < -0.39 is 0 Å². The van der Waals surface area contributed by atoms with Crippen LogP contribution < -0.4 is 14.8 Å². The highest BCUT2D eigenvalue weighted by atomic mass is 16.5. The first-order valence-electron chi connectivity index (χ1n) is 6.65. The van der Waals surface area contributed by atoms with Crippen molar-refractivity contribution in [1.82, 2.24) is 5.32 Å². The molecule has 0 radical (unpaired) electrons. The first-order valence-corrected chi connectivity index (χ1v) is 6.65. The standard InChI is InChI=1S/C17H21NO2/c1-12-5-7-13(8-6-12)17(18-2)14-9-10-15(19-3)16(11-14)20-4/h5-11,17-18H,1-4H3. The zero-order chi connectivity index (χ0) is 14.5. The van der Waals surface area contributed by atoms with Gasteiger partial charge in [-0.15, -0.1) is 0 Å². The molecule has 0 fully saturated rings. The molecule has 1 atom stereocenters. The van der Waals surface area contributed by atoms with Gasteiger partial charge in [0.2, 0.25) is 0 Å². The van der Waals surface area contributed by atoms with Gasteiger partial charge in [0.15, 0.2) is 11.5 Å². The van der Waals surface area contributed by atoms with E-state index in [1.165, 1.54) is 11.1 Å². The maximum atomic E-state index is 5.37. The number of hydrogen-bond acceptors (Lipinski definition) is 3. The predicted molar refractivity (Wildman–Crippen MR) is 81.6 cm³/mol. The Morgan fingerprint density at radius 2 is 1.45 bits per heavy atom. The average molecular weight is 271 g/mol. The summed E-state index contributed by atoms with van der Waals surface area (Å²) < 4.78 is 10.7. The largest absolute Gasteiger partial charge is 0.493 e. The highest BCUT2D eigenvalue weighted by Gasteiger charge is 2.14. The van der Waals surface area contributed by atoms with E-state index in [0.29, 0.717) is 0 Å². The lowest BCUT2D eigenvalue weighted by Gasteiger charge is -2.19. The van der Waals surface area contributed by atoms with Crippen LogP contribution in [0.1, 0.15) is 22.7 Å². The first-order chi connectivity index (χ1) is 9.69. The molecule has 2 aromatic rings. The molecule has 0 aromatic heterocycles. The zero-order valence-electron chi connectivity index (χ0n) is 12.4. The van der Waals surface area contributed by atoms with Gasteiger partial charge in [0.25, 0.3) is 0 Å². The number of rotatable bonds is 5. The Balaban J connectivity index is 2.39. The van der Waals surface area contributed by atoms with Gasteiger partial charge in [0.1, 0.15) is 0 Å². The maximum Gasteiger partial charge on any atom is 0.161 e. The van der Waals surface area contributed by atoms with Gasteiger partial charge < -0.3 is 14.8 Å². The number of nitrogens with one attached hydrogen (secondary N) is 1. The van der Waals surface area contributed by atoms with Crippen molar-refractivity contribution in [1.29, 1.82) is 0 Å². The fourth-order valence-electron chi connectivity index (χ4n) is 2.32. The number of benzene rings is 2. The predicted octanol–water partition coefficient (Wildman–Crippen LogP) is 3.32. The third kappa shape index (κ3) is 2.94. The van der Waals surface area contributed by atoms with E-state index in [1.54, 1.807) is 14.2 Å². The quantitative estimate of drug-likeness (QED) is 0.905. The first kappa shape index (κ1) is 14.4. The van der Waals surface area contributed by atoms with Crippen LogP contribution in [0.4, 0.5) is 0 Å². The Labute approximate surface area is 120 Å². The van der Waals surface area contributed by atoms with Gasteiger partial charge in [-0.25, -0.2) is 0 Å². The van der Waals surface area contributed by atoms with Gasteiger partial charge in [-0.3, -0.25) is 0 Å². The summed E-state index contributed by atoms with van der Waals surface area (Å²) in [5.41, 5.74) is 3.63. The molecule has 1 unspecified atom stereocenters. The maximum absolute atomic E-state index is 5.37. The Morgan fingerprint density at radius 1 is 0.850 bits per heavy atom. The molecule has 2 aromatic carbocycles. The van der Waals surface area contributed by atoms with Gasteiger partial charge in [0.05, 0.1) is 20.3 Å². The van der Waals surface area contributed by atoms with Crippen LogP contribution in [0.3, 0.4) is 0 Å². The van der Waals surface area contributed by atoms with E-state index in [0.717, 1.165) is 17.1 Å². The molecule has 0 amide bonds. The molecule has 2 rings (SSSR count). The molecule has 1 N–H and O–H groups in total. The molecule has 0 aliphatic heterocycles. The number of ether oxygens (including phenoxy) is 2. The summed E-state index contributed by atoms with van der Waals surface area (Å²) in [5, 5.41) is 3.35. The van der Waals surface area contributed by atoms with E-state index >= 15 is 0 Å². The summed E-state index contributed by atoms with van der Waals surface area (Å²) in [4.78, 5) is 0. The van der Waals surface area contributed by atoms with Crippen molar-refractivity contribution in [3.8, 4) is 11.5 Å². The van der Waals surface area contributed by atoms with E-state index in [9.17, 15) is 0 Å². The molecule has 0 saturated heterocycles. The molecule has 106 valence electrons. The highest BCUT2D eigenvalue weighted by Crippen LogP contribution is 2.32. The van der Waals surface area contributed by atoms with Gasteiger partial charge in [-0.1, -0.05) is 35.9 Å². The van der Waals surface area contributed by atoms with E-state index in [1.807, 2.05) is 19.2 Å². The van der Waals surface area contributed by atoms with Crippen molar-refractivity contribution >= 4 is 0 Å². The summed E-state index contributed by atoms with van der Waals surface area (Å²) in [6.45, 7) is 2.09. The molecule has 0 bridgehead atoms. The van der Waals surface area contributed by atoms with Crippen LogP contribution in [0, 0.1) is 6.92 Å². The van der Waals surface area contributed by atoms with Crippen LogP contribution in [0.2, 0.25) is 0 Å². The summed E-state index contributed by atoms with van der Waals surface area (Å²) in [5.74, 6) is 1.49.